The van der Waals surface area contributed by atoms with Crippen LogP contribution in [0, 0.1) is 5.92 Å². The second-order valence-corrected chi connectivity index (χ2v) is 9.66. The van der Waals surface area contributed by atoms with Gasteiger partial charge in [-0.25, -0.2) is 4.79 Å². The summed E-state index contributed by atoms with van der Waals surface area (Å²) in [7, 11) is 0. The number of phenolic OH excluding ortho intramolecular Hbond substituents is 1. The number of phenols is 1. The molecule has 0 spiro atoms. The van der Waals surface area contributed by atoms with Crippen molar-refractivity contribution in [1.82, 2.24) is 16.0 Å². The number of aliphatic hydroxyl groups is 1. The number of carbonyl (C=O) groups excluding carboxylic acids is 3. The molecule has 8 N–H and O–H groups in total. The summed E-state index contributed by atoms with van der Waals surface area (Å²) in [4.78, 5) is 51.2. The van der Waals surface area contributed by atoms with Crippen LogP contribution < -0.4 is 21.7 Å². The van der Waals surface area contributed by atoms with E-state index >= 15 is 0 Å². The van der Waals surface area contributed by atoms with Gasteiger partial charge in [0.2, 0.25) is 17.7 Å². The Morgan fingerprint density at radius 3 is 1.77 bits per heavy atom. The number of nitrogens with two attached hydrogens (primary N) is 1. The molecule has 0 fully saturated rings. The number of hydrogen-bond donors (Lipinski definition) is 7. The molecule has 0 bridgehead atoms. The van der Waals surface area contributed by atoms with Gasteiger partial charge in [-0.3, -0.25) is 14.4 Å². The van der Waals surface area contributed by atoms with Gasteiger partial charge in [0.1, 0.15) is 29.9 Å². The van der Waals surface area contributed by atoms with Crippen molar-refractivity contribution in [3.63, 3.8) is 0 Å². The summed E-state index contributed by atoms with van der Waals surface area (Å²) in [5, 5.41) is 36.7. The number of amides is 3. The van der Waals surface area contributed by atoms with E-state index in [1.165, 1.54) is 19.1 Å². The first kappa shape index (κ1) is 31.3. The number of benzene rings is 2. The van der Waals surface area contributed by atoms with Crippen LogP contribution in [0.1, 0.15) is 38.3 Å². The highest BCUT2D eigenvalue weighted by atomic mass is 16.4. The number of carbonyl (C=O) groups is 4. The molecule has 39 heavy (non-hydrogen) atoms. The summed E-state index contributed by atoms with van der Waals surface area (Å²) in [5.74, 6) is -3.71. The quantitative estimate of drug-likeness (QED) is 0.179. The van der Waals surface area contributed by atoms with Crippen molar-refractivity contribution in [3.05, 3.63) is 65.7 Å². The predicted octanol–water partition coefficient (Wildman–Crippen LogP) is 0.471. The maximum atomic E-state index is 13.5. The molecule has 2 aromatic carbocycles. The fourth-order valence-electron chi connectivity index (χ4n) is 3.83. The van der Waals surface area contributed by atoms with Crippen LogP contribution in [0.4, 0.5) is 0 Å². The maximum Gasteiger partial charge on any atom is 0.326 e. The summed E-state index contributed by atoms with van der Waals surface area (Å²) in [5.41, 5.74) is 7.08. The monoisotopic (exact) mass is 542 g/mol. The summed E-state index contributed by atoms with van der Waals surface area (Å²) in [6, 6.07) is 10.1. The van der Waals surface area contributed by atoms with Crippen LogP contribution in [0.3, 0.4) is 0 Å². The van der Waals surface area contributed by atoms with Crippen molar-refractivity contribution in [1.29, 1.82) is 0 Å². The number of carboxylic acid groups (broad SMARTS) is 1. The van der Waals surface area contributed by atoms with Gasteiger partial charge >= 0.3 is 5.97 Å². The van der Waals surface area contributed by atoms with E-state index in [-0.39, 0.29) is 24.5 Å². The van der Waals surface area contributed by atoms with Gasteiger partial charge in [0.15, 0.2) is 0 Å². The Morgan fingerprint density at radius 2 is 1.28 bits per heavy atom. The van der Waals surface area contributed by atoms with E-state index in [1.54, 1.807) is 56.3 Å². The Balaban J connectivity index is 2.34. The Kier molecular flexibility index (Phi) is 11.9. The third-order valence-electron chi connectivity index (χ3n) is 6.52. The molecule has 0 heterocycles. The van der Waals surface area contributed by atoms with Gasteiger partial charge in [0, 0.05) is 12.8 Å². The summed E-state index contributed by atoms with van der Waals surface area (Å²) >= 11 is 0. The van der Waals surface area contributed by atoms with E-state index in [9.17, 15) is 34.5 Å². The highest BCUT2D eigenvalue weighted by Crippen LogP contribution is 2.14. The highest BCUT2D eigenvalue weighted by Gasteiger charge is 2.32. The first-order valence-corrected chi connectivity index (χ1v) is 12.8. The number of carboxylic acids is 1. The van der Waals surface area contributed by atoms with Crippen LogP contribution in [0.2, 0.25) is 0 Å². The van der Waals surface area contributed by atoms with E-state index in [0.29, 0.717) is 12.0 Å². The van der Waals surface area contributed by atoms with Crippen molar-refractivity contribution in [2.75, 3.05) is 0 Å². The van der Waals surface area contributed by atoms with Crippen LogP contribution in [-0.2, 0) is 32.0 Å². The molecule has 11 nitrogen and oxygen atoms in total. The molecule has 0 aromatic heterocycles. The zero-order chi connectivity index (χ0) is 29.1. The number of nitrogens with one attached hydrogen (secondary N) is 3. The average Bonchev–Trinajstić information content (AvgIpc) is 2.91. The summed E-state index contributed by atoms with van der Waals surface area (Å²) in [6.07, 6.45) is -0.597. The molecule has 6 unspecified atom stereocenters. The number of rotatable bonds is 14. The number of aliphatic carboxylic acids is 1. The largest absolute Gasteiger partial charge is 0.508 e. The molecule has 212 valence electrons. The van der Waals surface area contributed by atoms with Gasteiger partial charge in [-0.1, -0.05) is 62.7 Å². The van der Waals surface area contributed by atoms with Crippen LogP contribution >= 0.6 is 0 Å². The normalized spacial score (nSPS) is 15.6. The Bertz CT molecular complexity index is 1110. The van der Waals surface area contributed by atoms with Crippen molar-refractivity contribution < 1.29 is 34.5 Å². The van der Waals surface area contributed by atoms with Gasteiger partial charge in [0.05, 0.1) is 6.10 Å². The van der Waals surface area contributed by atoms with Gasteiger partial charge in [-0.15, -0.1) is 0 Å². The molecule has 0 aliphatic carbocycles. The van der Waals surface area contributed by atoms with Gasteiger partial charge < -0.3 is 37.0 Å². The SMILES string of the molecule is CCC(C)C(NC(=O)C(Cc1ccc(O)cc1)NC(=O)C(Cc1ccccc1)NC(=O)C(N)C(C)O)C(=O)O. The Hall–Kier alpha value is -3.96. The second kappa shape index (κ2) is 14.8. The number of aromatic hydroxyl groups is 1. The first-order valence-electron chi connectivity index (χ1n) is 12.8. The van der Waals surface area contributed by atoms with Crippen molar-refractivity contribution in [2.24, 2.45) is 11.7 Å². The number of aliphatic hydroxyl groups excluding tert-OH is 1. The lowest BCUT2D eigenvalue weighted by Crippen LogP contribution is -2.59. The highest BCUT2D eigenvalue weighted by molar-refractivity contribution is 5.94. The van der Waals surface area contributed by atoms with E-state index in [2.05, 4.69) is 16.0 Å². The molecule has 0 saturated carbocycles. The van der Waals surface area contributed by atoms with E-state index in [1.807, 2.05) is 0 Å². The van der Waals surface area contributed by atoms with Gasteiger partial charge in [0.25, 0.3) is 0 Å². The molecule has 0 aliphatic heterocycles. The van der Waals surface area contributed by atoms with Crippen LogP contribution in [0.15, 0.2) is 54.6 Å². The molecule has 3 amide bonds. The lowest BCUT2D eigenvalue weighted by Gasteiger charge is -2.27. The molecule has 0 saturated heterocycles. The minimum Gasteiger partial charge on any atom is -0.508 e. The van der Waals surface area contributed by atoms with Gasteiger partial charge in [-0.05, 0) is 36.1 Å². The Morgan fingerprint density at radius 1 is 0.795 bits per heavy atom. The van der Waals surface area contributed by atoms with E-state index in [4.69, 9.17) is 5.73 Å². The van der Waals surface area contributed by atoms with E-state index in [0.717, 1.165) is 5.56 Å². The van der Waals surface area contributed by atoms with Crippen molar-refractivity contribution >= 4 is 23.7 Å². The Labute approximate surface area is 227 Å². The average molecular weight is 543 g/mol. The molecule has 0 radical (unpaired) electrons. The third-order valence-corrected chi connectivity index (χ3v) is 6.52. The van der Waals surface area contributed by atoms with Crippen molar-refractivity contribution in [2.45, 2.75) is 70.3 Å². The molecule has 0 aliphatic rings. The van der Waals surface area contributed by atoms with Crippen LogP contribution in [-0.4, -0.2) is 69.3 Å². The third kappa shape index (κ3) is 9.69. The van der Waals surface area contributed by atoms with Crippen LogP contribution in [0.25, 0.3) is 0 Å². The fraction of sp³-hybridized carbons (Fsp3) is 0.429. The van der Waals surface area contributed by atoms with E-state index < -0.39 is 54.0 Å². The first-order chi connectivity index (χ1) is 18.4. The molecule has 6 atom stereocenters. The molecule has 2 rings (SSSR count). The number of hydrogen-bond acceptors (Lipinski definition) is 7. The zero-order valence-electron chi connectivity index (χ0n) is 22.3. The molecular formula is C28H38N4O7. The minimum absolute atomic E-state index is 0.0100. The van der Waals surface area contributed by atoms with Crippen LogP contribution in [0.5, 0.6) is 5.75 Å². The predicted molar refractivity (Wildman–Crippen MR) is 144 cm³/mol. The zero-order valence-corrected chi connectivity index (χ0v) is 22.3. The topological polar surface area (TPSA) is 191 Å². The summed E-state index contributed by atoms with van der Waals surface area (Å²) < 4.78 is 0. The standard InChI is InChI=1S/C28H38N4O7/c1-4-16(2)24(28(38)39)32-26(36)22(15-19-10-12-20(34)13-11-19)30-25(35)21(14-18-8-6-5-7-9-18)31-27(37)23(29)17(3)33/h5-13,16-17,21-24,33-34H,4,14-15,29H2,1-3H3,(H,30,35)(H,31,37)(H,32,36)(H,38,39). The molecule has 11 heteroatoms. The fourth-order valence-corrected chi connectivity index (χ4v) is 3.83. The second-order valence-electron chi connectivity index (χ2n) is 9.66. The van der Waals surface area contributed by atoms with Gasteiger partial charge in [-0.2, -0.15) is 0 Å². The maximum absolute atomic E-state index is 13.5. The molecule has 2 aromatic rings. The lowest BCUT2D eigenvalue weighted by atomic mass is 9.97. The lowest BCUT2D eigenvalue weighted by molar-refractivity contribution is -0.143. The molecular weight excluding hydrogens is 504 g/mol. The smallest absolute Gasteiger partial charge is 0.326 e. The summed E-state index contributed by atoms with van der Waals surface area (Å²) in [6.45, 7) is 4.85. The minimum atomic E-state index is -1.28. The van der Waals surface area contributed by atoms with Crippen molar-refractivity contribution in [3.8, 4) is 5.75 Å².